The number of carbonyl (C=O) groups excluding carboxylic acids is 1. The lowest BCUT2D eigenvalue weighted by molar-refractivity contribution is -0.133. The van der Waals surface area contributed by atoms with Gasteiger partial charge in [0.15, 0.2) is 0 Å². The van der Waals surface area contributed by atoms with Gasteiger partial charge in [-0.2, -0.15) is 0 Å². The fourth-order valence-electron chi connectivity index (χ4n) is 1.82. The maximum Gasteiger partial charge on any atom is 0.246 e. The Labute approximate surface area is 89.4 Å². The molecule has 1 amide bonds. The standard InChI is InChI=1S/C12H15NO2/c1-8-4-3-5-10(9(8)2)11-6-13-12(14)7-15-11/h3-5,11H,6-7H2,1-2H3,(H,13,14)/t11-/m1/s1. The summed E-state index contributed by atoms with van der Waals surface area (Å²) in [6, 6.07) is 6.17. The van der Waals surface area contributed by atoms with Crippen molar-refractivity contribution in [3.05, 3.63) is 34.9 Å². The van der Waals surface area contributed by atoms with Crippen LogP contribution in [0.2, 0.25) is 0 Å². The Kier molecular flexibility index (Phi) is 2.73. The number of hydrogen-bond donors (Lipinski definition) is 1. The number of aryl methyl sites for hydroxylation is 1. The number of hydrogen-bond acceptors (Lipinski definition) is 2. The molecule has 0 spiro atoms. The average molecular weight is 205 g/mol. The summed E-state index contributed by atoms with van der Waals surface area (Å²) in [5.74, 6) is -0.0310. The van der Waals surface area contributed by atoms with Crippen molar-refractivity contribution in [2.75, 3.05) is 13.2 Å². The Morgan fingerprint density at radius 2 is 2.20 bits per heavy atom. The van der Waals surface area contributed by atoms with Crippen LogP contribution in [-0.2, 0) is 9.53 Å². The van der Waals surface area contributed by atoms with Gasteiger partial charge in [0.1, 0.15) is 12.7 Å². The molecule has 80 valence electrons. The zero-order valence-corrected chi connectivity index (χ0v) is 9.04. The normalized spacial score (nSPS) is 21.2. The molecule has 2 rings (SSSR count). The highest BCUT2D eigenvalue weighted by atomic mass is 16.5. The Bertz CT molecular complexity index is 377. The Morgan fingerprint density at radius 3 is 2.87 bits per heavy atom. The van der Waals surface area contributed by atoms with Crippen LogP contribution in [-0.4, -0.2) is 19.1 Å². The lowest BCUT2D eigenvalue weighted by Gasteiger charge is -2.25. The molecule has 0 saturated carbocycles. The first-order chi connectivity index (χ1) is 7.18. The van der Waals surface area contributed by atoms with Crippen molar-refractivity contribution in [2.24, 2.45) is 0 Å². The molecule has 0 aliphatic carbocycles. The molecule has 1 aromatic carbocycles. The second-order valence-corrected chi connectivity index (χ2v) is 3.89. The third kappa shape index (κ3) is 2.02. The molecule has 0 unspecified atom stereocenters. The van der Waals surface area contributed by atoms with E-state index in [0.29, 0.717) is 6.54 Å². The minimum Gasteiger partial charge on any atom is -0.362 e. The van der Waals surface area contributed by atoms with Gasteiger partial charge in [0, 0.05) is 6.54 Å². The third-order valence-corrected chi connectivity index (χ3v) is 2.89. The van der Waals surface area contributed by atoms with E-state index in [2.05, 4.69) is 31.3 Å². The van der Waals surface area contributed by atoms with Crippen molar-refractivity contribution in [3.8, 4) is 0 Å². The monoisotopic (exact) mass is 205 g/mol. The molecule has 3 nitrogen and oxygen atoms in total. The predicted molar refractivity (Wildman–Crippen MR) is 57.6 cm³/mol. The molecule has 1 saturated heterocycles. The van der Waals surface area contributed by atoms with Gasteiger partial charge in [0.05, 0.1) is 0 Å². The quantitative estimate of drug-likeness (QED) is 0.754. The molecule has 0 bridgehead atoms. The summed E-state index contributed by atoms with van der Waals surface area (Å²) in [4.78, 5) is 11.0. The van der Waals surface area contributed by atoms with E-state index in [1.807, 2.05) is 6.07 Å². The summed E-state index contributed by atoms with van der Waals surface area (Å²) in [5, 5.41) is 2.81. The summed E-state index contributed by atoms with van der Waals surface area (Å²) >= 11 is 0. The van der Waals surface area contributed by atoms with Gasteiger partial charge in [-0.25, -0.2) is 0 Å². The minimum atomic E-state index is -0.0310. The van der Waals surface area contributed by atoms with Crippen molar-refractivity contribution >= 4 is 5.91 Å². The van der Waals surface area contributed by atoms with E-state index in [-0.39, 0.29) is 18.6 Å². The van der Waals surface area contributed by atoms with Gasteiger partial charge in [0.2, 0.25) is 5.91 Å². The van der Waals surface area contributed by atoms with Crippen LogP contribution >= 0.6 is 0 Å². The molecule has 1 atom stereocenters. The smallest absolute Gasteiger partial charge is 0.246 e. The molecule has 1 aliphatic rings. The van der Waals surface area contributed by atoms with Gasteiger partial charge in [-0.05, 0) is 30.5 Å². The number of benzene rings is 1. The summed E-state index contributed by atoms with van der Waals surface area (Å²) in [7, 11) is 0. The number of carbonyl (C=O) groups is 1. The van der Waals surface area contributed by atoms with E-state index in [9.17, 15) is 4.79 Å². The van der Waals surface area contributed by atoms with Gasteiger partial charge in [-0.3, -0.25) is 4.79 Å². The fraction of sp³-hybridized carbons (Fsp3) is 0.417. The van der Waals surface area contributed by atoms with E-state index >= 15 is 0 Å². The van der Waals surface area contributed by atoms with Crippen molar-refractivity contribution in [1.82, 2.24) is 5.32 Å². The van der Waals surface area contributed by atoms with Crippen LogP contribution in [0, 0.1) is 13.8 Å². The molecule has 1 fully saturated rings. The number of rotatable bonds is 1. The molecule has 3 heteroatoms. The molecule has 0 aromatic heterocycles. The summed E-state index contributed by atoms with van der Waals surface area (Å²) in [6.45, 7) is 4.91. The number of nitrogens with one attached hydrogen (secondary N) is 1. The Hall–Kier alpha value is -1.35. The molecule has 1 aliphatic heterocycles. The van der Waals surface area contributed by atoms with Gasteiger partial charge < -0.3 is 10.1 Å². The highest BCUT2D eigenvalue weighted by Crippen LogP contribution is 2.24. The van der Waals surface area contributed by atoms with Crippen LogP contribution in [0.4, 0.5) is 0 Å². The van der Waals surface area contributed by atoms with Crippen molar-refractivity contribution in [2.45, 2.75) is 20.0 Å². The van der Waals surface area contributed by atoms with Gasteiger partial charge in [-0.1, -0.05) is 18.2 Å². The highest BCUT2D eigenvalue weighted by Gasteiger charge is 2.21. The van der Waals surface area contributed by atoms with Crippen LogP contribution in [0.25, 0.3) is 0 Å². The molecule has 1 heterocycles. The van der Waals surface area contributed by atoms with Crippen LogP contribution in [0.1, 0.15) is 22.8 Å². The number of amides is 1. The van der Waals surface area contributed by atoms with Gasteiger partial charge >= 0.3 is 0 Å². The fourth-order valence-corrected chi connectivity index (χ4v) is 1.82. The van der Waals surface area contributed by atoms with Crippen molar-refractivity contribution in [1.29, 1.82) is 0 Å². The zero-order chi connectivity index (χ0) is 10.8. The van der Waals surface area contributed by atoms with E-state index < -0.39 is 0 Å². The van der Waals surface area contributed by atoms with E-state index in [1.54, 1.807) is 0 Å². The van der Waals surface area contributed by atoms with Crippen LogP contribution in [0.5, 0.6) is 0 Å². The summed E-state index contributed by atoms with van der Waals surface area (Å²) in [6.07, 6.45) is 0.00241. The molecular formula is C12H15NO2. The largest absolute Gasteiger partial charge is 0.362 e. The van der Waals surface area contributed by atoms with Gasteiger partial charge in [0.25, 0.3) is 0 Å². The first-order valence-electron chi connectivity index (χ1n) is 5.13. The van der Waals surface area contributed by atoms with Crippen molar-refractivity contribution in [3.63, 3.8) is 0 Å². The van der Waals surface area contributed by atoms with E-state index in [4.69, 9.17) is 4.74 Å². The highest BCUT2D eigenvalue weighted by molar-refractivity contribution is 5.77. The lowest BCUT2D eigenvalue weighted by Crippen LogP contribution is -2.38. The summed E-state index contributed by atoms with van der Waals surface area (Å²) in [5.41, 5.74) is 3.68. The number of morpholine rings is 1. The van der Waals surface area contributed by atoms with E-state index in [0.717, 1.165) is 0 Å². The van der Waals surface area contributed by atoms with E-state index in [1.165, 1.54) is 16.7 Å². The second kappa shape index (κ2) is 4.03. The first-order valence-corrected chi connectivity index (χ1v) is 5.13. The zero-order valence-electron chi connectivity index (χ0n) is 9.04. The summed E-state index contributed by atoms with van der Waals surface area (Å²) < 4.78 is 5.50. The maximum atomic E-state index is 11.0. The molecule has 1 N–H and O–H groups in total. The first kappa shape index (κ1) is 10.2. The molecule has 1 aromatic rings. The number of ether oxygens (including phenoxy) is 1. The lowest BCUT2D eigenvalue weighted by atomic mass is 9.98. The molecular weight excluding hydrogens is 190 g/mol. The second-order valence-electron chi connectivity index (χ2n) is 3.89. The maximum absolute atomic E-state index is 11.0. The topological polar surface area (TPSA) is 38.3 Å². The minimum absolute atomic E-state index is 0.00241. The van der Waals surface area contributed by atoms with Crippen LogP contribution in [0.15, 0.2) is 18.2 Å². The predicted octanol–water partition coefficient (Wildman–Crippen LogP) is 1.49. The average Bonchev–Trinajstić information content (AvgIpc) is 2.24. The Balaban J connectivity index is 2.22. The van der Waals surface area contributed by atoms with Crippen LogP contribution in [0.3, 0.4) is 0 Å². The van der Waals surface area contributed by atoms with Gasteiger partial charge in [-0.15, -0.1) is 0 Å². The molecule has 15 heavy (non-hydrogen) atoms. The van der Waals surface area contributed by atoms with Crippen LogP contribution < -0.4 is 5.32 Å². The molecule has 0 radical (unpaired) electrons. The van der Waals surface area contributed by atoms with Crippen molar-refractivity contribution < 1.29 is 9.53 Å². The SMILES string of the molecule is Cc1cccc([C@H]2CNC(=O)CO2)c1C. The third-order valence-electron chi connectivity index (χ3n) is 2.89. The Morgan fingerprint density at radius 1 is 1.40 bits per heavy atom.